The number of carbonyl (C=O) groups is 1. The van der Waals surface area contributed by atoms with Gasteiger partial charge in [-0.2, -0.15) is 9.29 Å². The molecule has 1 saturated heterocycles. The summed E-state index contributed by atoms with van der Waals surface area (Å²) in [7, 11) is -2.04. The van der Waals surface area contributed by atoms with Gasteiger partial charge in [-0.3, -0.25) is 4.79 Å². The van der Waals surface area contributed by atoms with E-state index in [1.54, 1.807) is 25.5 Å². The van der Waals surface area contributed by atoms with E-state index in [1.165, 1.54) is 4.31 Å². The molecule has 1 aromatic carbocycles. The molecular weight excluding hydrogens is 452 g/mol. The number of piperidine rings is 1. The summed E-state index contributed by atoms with van der Waals surface area (Å²) in [5, 5.41) is 8.48. The molecular formula is C21H24N4O5S2. The SMILES string of the molecule is COc1ccccc1CNC(=O)C1CCN(S(=O)(=O)c2cc(-c3noc(C)n3)cs2)CC1. The topological polar surface area (TPSA) is 115 Å². The van der Waals surface area contributed by atoms with Gasteiger partial charge in [-0.05, 0) is 25.0 Å². The van der Waals surface area contributed by atoms with Crippen LogP contribution in [0.3, 0.4) is 0 Å². The van der Waals surface area contributed by atoms with Crippen LogP contribution in [0.5, 0.6) is 5.75 Å². The van der Waals surface area contributed by atoms with Gasteiger partial charge in [-0.25, -0.2) is 8.42 Å². The number of nitrogens with zero attached hydrogens (tertiary/aromatic N) is 3. The number of para-hydroxylation sites is 1. The van der Waals surface area contributed by atoms with E-state index in [0.29, 0.717) is 49.8 Å². The Bertz CT molecular complexity index is 1200. The Labute approximate surface area is 190 Å². The number of methoxy groups -OCH3 is 1. The number of aromatic nitrogens is 2. The number of hydrogen-bond acceptors (Lipinski definition) is 8. The molecule has 0 aliphatic carbocycles. The fourth-order valence-electron chi connectivity index (χ4n) is 3.65. The van der Waals surface area contributed by atoms with Crippen molar-refractivity contribution >= 4 is 27.3 Å². The van der Waals surface area contributed by atoms with Gasteiger partial charge in [-0.1, -0.05) is 23.4 Å². The summed E-state index contributed by atoms with van der Waals surface area (Å²) in [6.45, 7) is 2.64. The molecule has 170 valence electrons. The molecule has 0 atom stereocenters. The molecule has 1 fully saturated rings. The summed E-state index contributed by atoms with van der Waals surface area (Å²) in [5.74, 6) is 1.21. The number of carbonyl (C=O) groups excluding carboxylic acids is 1. The van der Waals surface area contributed by atoms with Crippen molar-refractivity contribution in [2.45, 2.75) is 30.5 Å². The van der Waals surface area contributed by atoms with Crippen LogP contribution in [0, 0.1) is 12.8 Å². The Hall–Kier alpha value is -2.76. The number of amides is 1. The Balaban J connectivity index is 1.34. The van der Waals surface area contributed by atoms with Crippen molar-refractivity contribution < 1.29 is 22.5 Å². The number of benzene rings is 1. The average Bonchev–Trinajstić information content (AvgIpc) is 3.47. The smallest absolute Gasteiger partial charge is 0.252 e. The highest BCUT2D eigenvalue weighted by Crippen LogP contribution is 2.31. The van der Waals surface area contributed by atoms with Crippen molar-refractivity contribution in [2.75, 3.05) is 20.2 Å². The Morgan fingerprint density at radius 2 is 2.06 bits per heavy atom. The summed E-state index contributed by atoms with van der Waals surface area (Å²) in [6.07, 6.45) is 0.943. The number of aryl methyl sites for hydroxylation is 1. The molecule has 0 bridgehead atoms. The Morgan fingerprint density at radius 1 is 1.31 bits per heavy atom. The molecule has 32 heavy (non-hydrogen) atoms. The molecule has 0 unspecified atom stereocenters. The molecule has 0 radical (unpaired) electrons. The number of thiophene rings is 1. The highest BCUT2D eigenvalue weighted by atomic mass is 32.2. The minimum absolute atomic E-state index is 0.0705. The van der Waals surface area contributed by atoms with E-state index < -0.39 is 10.0 Å². The van der Waals surface area contributed by atoms with E-state index in [4.69, 9.17) is 9.26 Å². The van der Waals surface area contributed by atoms with E-state index >= 15 is 0 Å². The molecule has 1 amide bonds. The molecule has 3 aromatic rings. The predicted octanol–water partition coefficient (Wildman–Crippen LogP) is 2.83. The van der Waals surface area contributed by atoms with E-state index in [0.717, 1.165) is 22.6 Å². The fraction of sp³-hybridized carbons (Fsp3) is 0.381. The van der Waals surface area contributed by atoms with Crippen LogP contribution in [0.4, 0.5) is 0 Å². The number of hydrogen-bond donors (Lipinski definition) is 1. The molecule has 3 heterocycles. The van der Waals surface area contributed by atoms with E-state index in [9.17, 15) is 13.2 Å². The van der Waals surface area contributed by atoms with Crippen molar-refractivity contribution in [1.82, 2.24) is 19.8 Å². The van der Waals surface area contributed by atoms with Gasteiger partial charge in [0.15, 0.2) is 0 Å². The maximum absolute atomic E-state index is 13.1. The first-order chi connectivity index (χ1) is 15.4. The number of sulfonamides is 1. The lowest BCUT2D eigenvalue weighted by Gasteiger charge is -2.30. The van der Waals surface area contributed by atoms with Crippen molar-refractivity contribution in [3.8, 4) is 17.1 Å². The van der Waals surface area contributed by atoms with E-state index in [2.05, 4.69) is 15.5 Å². The summed E-state index contributed by atoms with van der Waals surface area (Å²) in [4.78, 5) is 16.8. The van der Waals surface area contributed by atoms with Crippen LogP contribution in [0.2, 0.25) is 0 Å². The van der Waals surface area contributed by atoms with Crippen molar-refractivity contribution in [1.29, 1.82) is 0 Å². The zero-order valence-corrected chi connectivity index (χ0v) is 19.4. The van der Waals surface area contributed by atoms with Crippen LogP contribution >= 0.6 is 11.3 Å². The van der Waals surface area contributed by atoms with E-state index in [1.807, 2.05) is 24.3 Å². The minimum Gasteiger partial charge on any atom is -0.496 e. The second kappa shape index (κ2) is 9.39. The molecule has 1 aliphatic heterocycles. The third kappa shape index (κ3) is 4.69. The zero-order chi connectivity index (χ0) is 22.7. The van der Waals surface area contributed by atoms with Gasteiger partial charge in [0.25, 0.3) is 10.0 Å². The molecule has 4 rings (SSSR count). The lowest BCUT2D eigenvalue weighted by molar-refractivity contribution is -0.126. The first kappa shape index (κ1) is 22.4. The first-order valence-corrected chi connectivity index (χ1v) is 12.5. The summed E-state index contributed by atoms with van der Waals surface area (Å²) in [5.41, 5.74) is 1.50. The van der Waals surface area contributed by atoms with Crippen molar-refractivity contribution in [3.05, 3.63) is 47.2 Å². The van der Waals surface area contributed by atoms with Gasteiger partial charge in [0.05, 0.1) is 7.11 Å². The number of ether oxygens (including phenoxy) is 1. The molecule has 1 N–H and O–H groups in total. The number of nitrogens with one attached hydrogen (secondary N) is 1. The van der Waals surface area contributed by atoms with Gasteiger partial charge in [0.2, 0.25) is 17.6 Å². The maximum Gasteiger partial charge on any atom is 0.252 e. The monoisotopic (exact) mass is 476 g/mol. The summed E-state index contributed by atoms with van der Waals surface area (Å²) in [6, 6.07) is 9.08. The van der Waals surface area contributed by atoms with Crippen molar-refractivity contribution in [3.63, 3.8) is 0 Å². The normalized spacial score (nSPS) is 15.6. The average molecular weight is 477 g/mol. The number of rotatable bonds is 7. The van der Waals surface area contributed by atoms with Crippen LogP contribution < -0.4 is 10.1 Å². The van der Waals surface area contributed by atoms with Gasteiger partial charge in [0.1, 0.15) is 9.96 Å². The predicted molar refractivity (Wildman–Crippen MR) is 119 cm³/mol. The maximum atomic E-state index is 13.1. The van der Waals surface area contributed by atoms with Gasteiger partial charge in [-0.15, -0.1) is 11.3 Å². The lowest BCUT2D eigenvalue weighted by Crippen LogP contribution is -2.42. The molecule has 11 heteroatoms. The second-order valence-electron chi connectivity index (χ2n) is 7.50. The highest BCUT2D eigenvalue weighted by molar-refractivity contribution is 7.91. The zero-order valence-electron chi connectivity index (χ0n) is 17.8. The Morgan fingerprint density at radius 3 is 2.75 bits per heavy atom. The van der Waals surface area contributed by atoms with Crippen LogP contribution in [-0.4, -0.2) is 49.0 Å². The van der Waals surface area contributed by atoms with E-state index in [-0.39, 0.29) is 16.0 Å². The molecule has 1 aliphatic rings. The third-order valence-corrected chi connectivity index (χ3v) is 8.74. The van der Waals surface area contributed by atoms with Crippen LogP contribution in [0.1, 0.15) is 24.3 Å². The Kier molecular flexibility index (Phi) is 6.58. The van der Waals surface area contributed by atoms with Gasteiger partial charge < -0.3 is 14.6 Å². The summed E-state index contributed by atoms with van der Waals surface area (Å²) >= 11 is 1.13. The second-order valence-corrected chi connectivity index (χ2v) is 10.6. The van der Waals surface area contributed by atoms with Crippen molar-refractivity contribution in [2.24, 2.45) is 5.92 Å². The minimum atomic E-state index is -3.64. The van der Waals surface area contributed by atoms with Gasteiger partial charge >= 0.3 is 0 Å². The quantitative estimate of drug-likeness (QED) is 0.558. The molecule has 9 nitrogen and oxygen atoms in total. The third-order valence-electron chi connectivity index (χ3n) is 5.43. The molecule has 0 spiro atoms. The lowest BCUT2D eigenvalue weighted by atomic mass is 9.97. The standard InChI is InChI=1S/C21H24N4O5S2/c1-14-23-20(24-30-14)17-11-19(31-13-17)32(27,28)25-9-7-15(8-10-25)21(26)22-12-16-5-3-4-6-18(16)29-2/h3-6,11,13,15H,7-10,12H2,1-2H3,(H,22,26). The van der Waals surface area contributed by atoms with Gasteiger partial charge in [0, 0.05) is 49.0 Å². The summed E-state index contributed by atoms with van der Waals surface area (Å²) < 4.78 is 38.0. The largest absolute Gasteiger partial charge is 0.496 e. The molecule has 0 saturated carbocycles. The molecule has 2 aromatic heterocycles. The highest BCUT2D eigenvalue weighted by Gasteiger charge is 2.33. The fourth-order valence-corrected chi connectivity index (χ4v) is 6.43. The van der Waals surface area contributed by atoms with Crippen LogP contribution in [-0.2, 0) is 21.4 Å². The van der Waals surface area contributed by atoms with Crippen LogP contribution in [0.25, 0.3) is 11.4 Å². The van der Waals surface area contributed by atoms with Crippen LogP contribution in [0.15, 0.2) is 44.4 Å². The first-order valence-electron chi connectivity index (χ1n) is 10.2.